The number of nitrogens with one attached hydrogen (secondary N) is 1. The summed E-state index contributed by atoms with van der Waals surface area (Å²) >= 11 is 0. The third-order valence-electron chi connectivity index (χ3n) is 2.75. The van der Waals surface area contributed by atoms with E-state index in [1.807, 2.05) is 0 Å². The van der Waals surface area contributed by atoms with Crippen molar-refractivity contribution in [3.05, 3.63) is 24.4 Å². The monoisotopic (exact) mass is 276 g/mol. The number of hydrazine groups is 1. The molecule has 0 atom stereocenters. The van der Waals surface area contributed by atoms with Crippen molar-refractivity contribution in [3.63, 3.8) is 0 Å². The number of rotatable bonds is 5. The fourth-order valence-electron chi connectivity index (χ4n) is 1.77. The number of nitrogen functional groups attached to an aromatic ring is 1. The molecule has 0 aliphatic carbocycles. The average Bonchev–Trinajstić information content (AvgIpc) is 2.53. The van der Waals surface area contributed by atoms with Crippen LogP contribution in [0.2, 0.25) is 0 Å². The fraction of sp³-hybridized carbons (Fsp3) is 0.231. The van der Waals surface area contributed by atoms with Crippen LogP contribution < -0.4 is 25.5 Å². The van der Waals surface area contributed by atoms with Gasteiger partial charge in [0.2, 0.25) is 0 Å². The quantitative estimate of drug-likeness (QED) is 0.631. The topological polar surface area (TPSA) is 91.5 Å². The van der Waals surface area contributed by atoms with E-state index < -0.39 is 0 Å². The third kappa shape index (κ3) is 2.57. The molecule has 3 N–H and O–H groups in total. The molecular weight excluding hydrogens is 260 g/mol. The van der Waals surface area contributed by atoms with E-state index in [1.54, 1.807) is 45.7 Å². The molecule has 106 valence electrons. The van der Waals surface area contributed by atoms with Crippen LogP contribution in [-0.2, 0) is 0 Å². The number of nitrogens with zero attached hydrogens (tertiary/aromatic N) is 2. The highest BCUT2D eigenvalue weighted by atomic mass is 16.5. The van der Waals surface area contributed by atoms with Crippen LogP contribution >= 0.6 is 0 Å². The SMILES string of the molecule is COc1cc(OC)c(-c2nccc(NN)n2)cc1OC. The van der Waals surface area contributed by atoms with Crippen molar-refractivity contribution < 1.29 is 14.2 Å². The number of anilines is 1. The van der Waals surface area contributed by atoms with Gasteiger partial charge in [-0.1, -0.05) is 0 Å². The van der Waals surface area contributed by atoms with E-state index in [1.165, 1.54) is 0 Å². The van der Waals surface area contributed by atoms with E-state index in [4.69, 9.17) is 20.1 Å². The first-order chi connectivity index (χ1) is 9.73. The highest BCUT2D eigenvalue weighted by Crippen LogP contribution is 2.38. The van der Waals surface area contributed by atoms with Gasteiger partial charge in [-0.3, -0.25) is 0 Å². The van der Waals surface area contributed by atoms with Gasteiger partial charge in [-0.15, -0.1) is 0 Å². The highest BCUT2D eigenvalue weighted by Gasteiger charge is 2.15. The van der Waals surface area contributed by atoms with Gasteiger partial charge in [0, 0.05) is 18.3 Å². The van der Waals surface area contributed by atoms with Crippen molar-refractivity contribution in [1.82, 2.24) is 9.97 Å². The predicted molar refractivity (Wildman–Crippen MR) is 74.9 cm³/mol. The van der Waals surface area contributed by atoms with E-state index in [-0.39, 0.29) is 0 Å². The maximum absolute atomic E-state index is 5.35. The Balaban J connectivity index is 2.59. The zero-order valence-electron chi connectivity index (χ0n) is 11.5. The number of ether oxygens (including phenoxy) is 3. The second-order valence-corrected chi connectivity index (χ2v) is 3.82. The molecule has 1 heterocycles. The molecule has 0 unspecified atom stereocenters. The second-order valence-electron chi connectivity index (χ2n) is 3.82. The maximum atomic E-state index is 5.35. The summed E-state index contributed by atoms with van der Waals surface area (Å²) in [5, 5.41) is 0. The smallest absolute Gasteiger partial charge is 0.165 e. The van der Waals surface area contributed by atoms with Crippen LogP contribution in [0.3, 0.4) is 0 Å². The van der Waals surface area contributed by atoms with Crippen LogP contribution in [0, 0.1) is 0 Å². The molecule has 0 aliphatic heterocycles. The third-order valence-corrected chi connectivity index (χ3v) is 2.75. The van der Waals surface area contributed by atoms with Crippen LogP contribution in [0.4, 0.5) is 5.82 Å². The number of benzene rings is 1. The van der Waals surface area contributed by atoms with Crippen LogP contribution in [-0.4, -0.2) is 31.3 Å². The number of aromatic nitrogens is 2. The summed E-state index contributed by atoms with van der Waals surface area (Å²) in [6.07, 6.45) is 1.60. The summed E-state index contributed by atoms with van der Waals surface area (Å²) in [5.74, 6) is 8.05. The number of hydrogen-bond acceptors (Lipinski definition) is 7. The van der Waals surface area contributed by atoms with E-state index in [0.717, 1.165) is 0 Å². The standard InChI is InChI=1S/C13H16N4O3/c1-18-9-7-11(20-3)10(19-2)6-8(9)13-15-5-4-12(16-13)17-14/h4-7H,14H2,1-3H3,(H,15,16,17). The van der Waals surface area contributed by atoms with Crippen molar-refractivity contribution >= 4 is 5.82 Å². The first-order valence-electron chi connectivity index (χ1n) is 5.83. The predicted octanol–water partition coefficient (Wildman–Crippen LogP) is 1.45. The highest BCUT2D eigenvalue weighted by molar-refractivity contribution is 5.70. The largest absolute Gasteiger partial charge is 0.496 e. The minimum atomic E-state index is 0.471. The van der Waals surface area contributed by atoms with Crippen molar-refractivity contribution in [1.29, 1.82) is 0 Å². The number of nitrogens with two attached hydrogens (primary N) is 1. The molecular formula is C13H16N4O3. The molecule has 1 aromatic carbocycles. The summed E-state index contributed by atoms with van der Waals surface area (Å²) in [6.45, 7) is 0. The fourth-order valence-corrected chi connectivity index (χ4v) is 1.77. The van der Waals surface area contributed by atoms with Crippen LogP contribution in [0.5, 0.6) is 17.2 Å². The lowest BCUT2D eigenvalue weighted by Gasteiger charge is -2.13. The van der Waals surface area contributed by atoms with Crippen LogP contribution in [0.25, 0.3) is 11.4 Å². The summed E-state index contributed by atoms with van der Waals surface area (Å²) < 4.78 is 15.9. The molecule has 2 rings (SSSR count). The van der Waals surface area contributed by atoms with Gasteiger partial charge in [-0.2, -0.15) is 0 Å². The van der Waals surface area contributed by atoms with Gasteiger partial charge in [0.1, 0.15) is 11.6 Å². The van der Waals surface area contributed by atoms with Gasteiger partial charge in [0.05, 0.1) is 26.9 Å². The number of methoxy groups -OCH3 is 3. The Labute approximate surface area is 116 Å². The maximum Gasteiger partial charge on any atom is 0.165 e. The van der Waals surface area contributed by atoms with E-state index in [0.29, 0.717) is 34.5 Å². The van der Waals surface area contributed by atoms with Crippen LogP contribution in [0.1, 0.15) is 0 Å². The normalized spacial score (nSPS) is 10.0. The van der Waals surface area contributed by atoms with Gasteiger partial charge < -0.3 is 19.6 Å². The molecule has 0 fully saturated rings. The first kappa shape index (κ1) is 13.9. The lowest BCUT2D eigenvalue weighted by molar-refractivity contribution is 0.349. The zero-order chi connectivity index (χ0) is 14.5. The minimum Gasteiger partial charge on any atom is -0.496 e. The molecule has 7 nitrogen and oxygen atoms in total. The Morgan fingerprint density at radius 2 is 1.65 bits per heavy atom. The summed E-state index contributed by atoms with van der Waals surface area (Å²) in [7, 11) is 4.69. The summed E-state index contributed by atoms with van der Waals surface area (Å²) in [6, 6.07) is 5.14. The molecule has 0 bridgehead atoms. The molecule has 0 radical (unpaired) electrons. The first-order valence-corrected chi connectivity index (χ1v) is 5.83. The zero-order valence-corrected chi connectivity index (χ0v) is 11.5. The Bertz CT molecular complexity index is 604. The molecule has 0 saturated heterocycles. The lowest BCUT2D eigenvalue weighted by atomic mass is 10.1. The van der Waals surface area contributed by atoms with Crippen LogP contribution in [0.15, 0.2) is 24.4 Å². The Hall–Kier alpha value is -2.54. The molecule has 1 aromatic heterocycles. The van der Waals surface area contributed by atoms with Crippen molar-refractivity contribution in [3.8, 4) is 28.6 Å². The van der Waals surface area contributed by atoms with Gasteiger partial charge in [-0.25, -0.2) is 15.8 Å². The van der Waals surface area contributed by atoms with Crippen molar-refractivity contribution in [2.45, 2.75) is 0 Å². The Morgan fingerprint density at radius 1 is 1.00 bits per heavy atom. The van der Waals surface area contributed by atoms with Gasteiger partial charge in [-0.05, 0) is 6.07 Å². The molecule has 20 heavy (non-hydrogen) atoms. The van der Waals surface area contributed by atoms with E-state index in [9.17, 15) is 0 Å². The molecule has 0 amide bonds. The minimum absolute atomic E-state index is 0.471. The average molecular weight is 276 g/mol. The lowest BCUT2D eigenvalue weighted by Crippen LogP contribution is -2.09. The van der Waals surface area contributed by atoms with Crippen molar-refractivity contribution in [2.24, 2.45) is 5.84 Å². The second kappa shape index (κ2) is 6.07. The van der Waals surface area contributed by atoms with E-state index in [2.05, 4.69) is 15.4 Å². The molecule has 0 spiro atoms. The molecule has 0 aliphatic rings. The number of hydrogen-bond donors (Lipinski definition) is 2. The van der Waals surface area contributed by atoms with Crippen molar-refractivity contribution in [2.75, 3.05) is 26.8 Å². The van der Waals surface area contributed by atoms with Gasteiger partial charge in [0.25, 0.3) is 0 Å². The molecule has 0 saturated carbocycles. The summed E-state index contributed by atoms with van der Waals surface area (Å²) in [4.78, 5) is 8.49. The van der Waals surface area contributed by atoms with E-state index >= 15 is 0 Å². The Morgan fingerprint density at radius 3 is 2.25 bits per heavy atom. The molecule has 7 heteroatoms. The summed E-state index contributed by atoms with van der Waals surface area (Å²) in [5.41, 5.74) is 3.16. The Kier molecular flexibility index (Phi) is 4.21. The van der Waals surface area contributed by atoms with Gasteiger partial charge in [0.15, 0.2) is 17.3 Å². The molecule has 2 aromatic rings. The van der Waals surface area contributed by atoms with Gasteiger partial charge >= 0.3 is 0 Å².